The van der Waals surface area contributed by atoms with Gasteiger partial charge in [0.1, 0.15) is 0 Å². The standard InChI is InChI=1S/C24H44N4O2/c1-4-5-6-7-23(29)28-18-12-22(13-19-28)27-16-8-20(9-17-27)24(30)26(3)21-10-14-25(2)15-11-21/h20-22H,4-19H2,1-3H3. The van der Waals surface area contributed by atoms with Crippen molar-refractivity contribution in [1.29, 1.82) is 0 Å². The van der Waals surface area contributed by atoms with Crippen LogP contribution in [0.25, 0.3) is 0 Å². The Morgan fingerprint density at radius 2 is 1.50 bits per heavy atom. The molecule has 0 radical (unpaired) electrons. The highest BCUT2D eigenvalue weighted by atomic mass is 16.2. The highest BCUT2D eigenvalue weighted by molar-refractivity contribution is 5.79. The molecule has 0 atom stereocenters. The zero-order valence-corrected chi connectivity index (χ0v) is 19.7. The van der Waals surface area contributed by atoms with E-state index in [1.807, 2.05) is 7.05 Å². The molecule has 0 saturated carbocycles. The lowest BCUT2D eigenvalue weighted by atomic mass is 9.91. The molecule has 0 aromatic rings. The summed E-state index contributed by atoms with van der Waals surface area (Å²) >= 11 is 0. The van der Waals surface area contributed by atoms with Gasteiger partial charge < -0.3 is 19.6 Å². The summed E-state index contributed by atoms with van der Waals surface area (Å²) in [6, 6.07) is 1.01. The van der Waals surface area contributed by atoms with E-state index in [0.717, 1.165) is 97.1 Å². The molecule has 0 unspecified atom stereocenters. The Morgan fingerprint density at radius 1 is 0.867 bits per heavy atom. The molecule has 3 fully saturated rings. The van der Waals surface area contributed by atoms with Crippen molar-refractivity contribution in [3.63, 3.8) is 0 Å². The molecule has 3 saturated heterocycles. The Morgan fingerprint density at radius 3 is 2.10 bits per heavy atom. The number of likely N-dealkylation sites (tertiary alicyclic amines) is 3. The fourth-order valence-corrected chi connectivity index (χ4v) is 5.53. The smallest absolute Gasteiger partial charge is 0.225 e. The predicted molar refractivity (Wildman–Crippen MR) is 121 cm³/mol. The van der Waals surface area contributed by atoms with Gasteiger partial charge >= 0.3 is 0 Å². The third-order valence-corrected chi connectivity index (χ3v) is 7.79. The molecule has 6 nitrogen and oxygen atoms in total. The van der Waals surface area contributed by atoms with Crippen LogP contribution in [0, 0.1) is 5.92 Å². The highest BCUT2D eigenvalue weighted by Crippen LogP contribution is 2.27. The van der Waals surface area contributed by atoms with Crippen LogP contribution < -0.4 is 0 Å². The predicted octanol–water partition coefficient (Wildman–Crippen LogP) is 2.82. The van der Waals surface area contributed by atoms with E-state index >= 15 is 0 Å². The first-order valence-electron chi connectivity index (χ1n) is 12.5. The Balaban J connectivity index is 1.37. The molecule has 0 aliphatic carbocycles. The first kappa shape index (κ1) is 23.5. The fraction of sp³-hybridized carbons (Fsp3) is 0.917. The minimum Gasteiger partial charge on any atom is -0.343 e. The van der Waals surface area contributed by atoms with Crippen molar-refractivity contribution >= 4 is 11.8 Å². The topological polar surface area (TPSA) is 47.1 Å². The zero-order chi connectivity index (χ0) is 21.5. The summed E-state index contributed by atoms with van der Waals surface area (Å²) in [6.07, 6.45) is 10.4. The van der Waals surface area contributed by atoms with Gasteiger partial charge in [0.05, 0.1) is 0 Å². The van der Waals surface area contributed by atoms with Crippen molar-refractivity contribution in [2.24, 2.45) is 5.92 Å². The molecule has 0 N–H and O–H groups in total. The molecule has 2 amide bonds. The Kier molecular flexibility index (Phi) is 8.99. The lowest BCUT2D eigenvalue weighted by Gasteiger charge is -2.43. The molecular weight excluding hydrogens is 376 g/mol. The van der Waals surface area contributed by atoms with Gasteiger partial charge in [0, 0.05) is 44.6 Å². The average molecular weight is 421 g/mol. The number of rotatable bonds is 7. The second-order valence-corrected chi connectivity index (χ2v) is 9.86. The number of amides is 2. The first-order chi connectivity index (χ1) is 14.5. The van der Waals surface area contributed by atoms with Gasteiger partial charge in [-0.05, 0) is 78.2 Å². The third kappa shape index (κ3) is 6.19. The molecule has 3 heterocycles. The van der Waals surface area contributed by atoms with E-state index in [2.05, 4.69) is 33.6 Å². The highest BCUT2D eigenvalue weighted by Gasteiger charge is 2.34. The minimum atomic E-state index is 0.200. The Labute approximate surface area is 183 Å². The Hall–Kier alpha value is -1.14. The molecule has 30 heavy (non-hydrogen) atoms. The van der Waals surface area contributed by atoms with Crippen molar-refractivity contribution in [1.82, 2.24) is 19.6 Å². The lowest BCUT2D eigenvalue weighted by molar-refractivity contribution is -0.139. The van der Waals surface area contributed by atoms with E-state index in [1.165, 1.54) is 6.42 Å². The third-order valence-electron chi connectivity index (χ3n) is 7.79. The zero-order valence-electron chi connectivity index (χ0n) is 19.7. The summed E-state index contributed by atoms with van der Waals surface area (Å²) in [5.41, 5.74) is 0. The largest absolute Gasteiger partial charge is 0.343 e. The summed E-state index contributed by atoms with van der Waals surface area (Å²) in [6.45, 7) is 8.26. The molecule has 6 heteroatoms. The van der Waals surface area contributed by atoms with Crippen LogP contribution in [0.2, 0.25) is 0 Å². The number of hydrogen-bond donors (Lipinski definition) is 0. The van der Waals surface area contributed by atoms with Crippen molar-refractivity contribution < 1.29 is 9.59 Å². The van der Waals surface area contributed by atoms with Crippen LogP contribution in [-0.2, 0) is 9.59 Å². The van der Waals surface area contributed by atoms with E-state index < -0.39 is 0 Å². The van der Waals surface area contributed by atoms with E-state index in [9.17, 15) is 9.59 Å². The van der Waals surface area contributed by atoms with E-state index in [-0.39, 0.29) is 5.92 Å². The normalized spacial score (nSPS) is 23.6. The summed E-state index contributed by atoms with van der Waals surface area (Å²) in [5, 5.41) is 0. The summed E-state index contributed by atoms with van der Waals surface area (Å²) in [4.78, 5) is 34.5. The molecule has 3 aliphatic heterocycles. The molecule has 0 aromatic carbocycles. The number of nitrogens with zero attached hydrogens (tertiary/aromatic N) is 4. The molecule has 172 valence electrons. The molecule has 0 spiro atoms. The van der Waals surface area contributed by atoms with Crippen LogP contribution >= 0.6 is 0 Å². The monoisotopic (exact) mass is 420 g/mol. The van der Waals surface area contributed by atoms with Gasteiger partial charge in [-0.25, -0.2) is 0 Å². The van der Waals surface area contributed by atoms with Crippen LogP contribution in [-0.4, -0.2) is 96.9 Å². The maximum Gasteiger partial charge on any atom is 0.225 e. The van der Waals surface area contributed by atoms with Crippen LogP contribution in [0.5, 0.6) is 0 Å². The van der Waals surface area contributed by atoms with Gasteiger partial charge in [-0.15, -0.1) is 0 Å². The number of hydrogen-bond acceptors (Lipinski definition) is 4. The van der Waals surface area contributed by atoms with Gasteiger partial charge in [-0.1, -0.05) is 19.8 Å². The maximum absolute atomic E-state index is 13.0. The number of carbonyl (C=O) groups excluding carboxylic acids is 2. The van der Waals surface area contributed by atoms with Crippen molar-refractivity contribution in [3.05, 3.63) is 0 Å². The number of unbranched alkanes of at least 4 members (excludes halogenated alkanes) is 2. The van der Waals surface area contributed by atoms with Crippen molar-refractivity contribution in [2.75, 3.05) is 53.4 Å². The van der Waals surface area contributed by atoms with Crippen molar-refractivity contribution in [2.45, 2.75) is 83.2 Å². The fourth-order valence-electron chi connectivity index (χ4n) is 5.53. The molecular formula is C24H44N4O2. The average Bonchev–Trinajstić information content (AvgIpc) is 2.79. The van der Waals surface area contributed by atoms with Crippen LogP contribution in [0.15, 0.2) is 0 Å². The van der Waals surface area contributed by atoms with Crippen LogP contribution in [0.3, 0.4) is 0 Å². The van der Waals surface area contributed by atoms with Gasteiger partial charge in [0.2, 0.25) is 11.8 Å². The first-order valence-corrected chi connectivity index (χ1v) is 12.5. The lowest BCUT2D eigenvalue weighted by Crippen LogP contribution is -2.51. The molecule has 3 aliphatic rings. The minimum absolute atomic E-state index is 0.200. The van der Waals surface area contributed by atoms with Gasteiger partial charge in [-0.2, -0.15) is 0 Å². The number of carbonyl (C=O) groups is 2. The van der Waals surface area contributed by atoms with Gasteiger partial charge in [0.15, 0.2) is 0 Å². The summed E-state index contributed by atoms with van der Waals surface area (Å²) in [5.74, 6) is 0.922. The quantitative estimate of drug-likeness (QED) is 0.594. The SMILES string of the molecule is CCCCCC(=O)N1CCC(N2CCC(C(=O)N(C)C3CCN(C)CC3)CC2)CC1. The second-order valence-electron chi connectivity index (χ2n) is 9.86. The molecule has 0 bridgehead atoms. The van der Waals surface area contributed by atoms with E-state index in [1.54, 1.807) is 0 Å². The second kappa shape index (κ2) is 11.5. The van der Waals surface area contributed by atoms with Crippen molar-refractivity contribution in [3.8, 4) is 0 Å². The van der Waals surface area contributed by atoms with E-state index in [4.69, 9.17) is 0 Å². The Bertz CT molecular complexity index is 545. The van der Waals surface area contributed by atoms with Crippen LogP contribution in [0.4, 0.5) is 0 Å². The van der Waals surface area contributed by atoms with Crippen LogP contribution in [0.1, 0.15) is 71.1 Å². The maximum atomic E-state index is 13.0. The molecule has 3 rings (SSSR count). The summed E-state index contributed by atoms with van der Waals surface area (Å²) < 4.78 is 0. The number of piperidine rings is 3. The van der Waals surface area contributed by atoms with Gasteiger partial charge in [0.25, 0.3) is 0 Å². The van der Waals surface area contributed by atoms with E-state index in [0.29, 0.717) is 23.9 Å². The van der Waals surface area contributed by atoms with Gasteiger partial charge in [-0.3, -0.25) is 9.59 Å². The molecule has 0 aromatic heterocycles. The summed E-state index contributed by atoms with van der Waals surface area (Å²) in [7, 11) is 4.19.